The smallest absolute Gasteiger partial charge is 0.423 e. The average molecular weight is 504 g/mol. The van der Waals surface area contributed by atoms with Crippen LogP contribution in [0, 0.1) is 13.8 Å². The lowest BCUT2D eigenvalue weighted by atomic mass is 10.0. The summed E-state index contributed by atoms with van der Waals surface area (Å²) in [5.41, 5.74) is -0.523. The number of hydrogen-bond donors (Lipinski definition) is 1. The van der Waals surface area contributed by atoms with E-state index in [1.165, 1.54) is 30.1 Å². The van der Waals surface area contributed by atoms with Gasteiger partial charge in [-0.05, 0) is 31.0 Å². The van der Waals surface area contributed by atoms with Crippen molar-refractivity contribution in [2.45, 2.75) is 24.9 Å². The molecule has 0 amide bonds. The molecule has 182 valence electrons. The third-order valence-electron chi connectivity index (χ3n) is 5.08. The third-order valence-corrected chi connectivity index (χ3v) is 6.36. The second-order valence-electron chi connectivity index (χ2n) is 7.71. The Morgan fingerprint density at radius 1 is 0.971 bits per heavy atom. The summed E-state index contributed by atoms with van der Waals surface area (Å²) in [5, 5.41) is 3.81. The Balaban J connectivity index is 1.95. The van der Waals surface area contributed by atoms with Crippen molar-refractivity contribution in [3.63, 3.8) is 0 Å². The summed E-state index contributed by atoms with van der Waals surface area (Å²) in [6.07, 6.45) is -2.57. The fourth-order valence-corrected chi connectivity index (χ4v) is 4.27. The molecule has 0 saturated heterocycles. The number of alkyl halides is 3. The van der Waals surface area contributed by atoms with E-state index in [1.54, 1.807) is 50.2 Å². The van der Waals surface area contributed by atoms with Crippen molar-refractivity contribution in [1.82, 2.24) is 19.7 Å². The number of ether oxygens (including phenoxy) is 1. The van der Waals surface area contributed by atoms with Crippen molar-refractivity contribution in [1.29, 1.82) is 0 Å². The van der Waals surface area contributed by atoms with Gasteiger partial charge in [0.05, 0.1) is 11.9 Å². The van der Waals surface area contributed by atoms with Crippen molar-refractivity contribution in [2.24, 2.45) is 7.05 Å². The molecule has 0 spiro atoms. The molecule has 0 aliphatic carbocycles. The van der Waals surface area contributed by atoms with Gasteiger partial charge in [-0.3, -0.25) is 4.68 Å². The molecule has 1 N–H and O–H groups in total. The van der Waals surface area contributed by atoms with Gasteiger partial charge in [0.15, 0.2) is 0 Å². The molecule has 2 heterocycles. The third kappa shape index (κ3) is 5.11. The van der Waals surface area contributed by atoms with Gasteiger partial charge in [-0.15, -0.1) is 0 Å². The van der Waals surface area contributed by atoms with E-state index in [0.29, 0.717) is 11.1 Å². The Morgan fingerprint density at radius 2 is 1.63 bits per heavy atom. The van der Waals surface area contributed by atoms with E-state index in [-0.39, 0.29) is 16.2 Å². The van der Waals surface area contributed by atoms with Gasteiger partial charge in [0, 0.05) is 18.8 Å². The van der Waals surface area contributed by atoms with Gasteiger partial charge in [0.1, 0.15) is 16.2 Å². The number of benzene rings is 2. The molecule has 0 saturated carbocycles. The average Bonchev–Trinajstić information content (AvgIpc) is 3.22. The van der Waals surface area contributed by atoms with Gasteiger partial charge in [-0.2, -0.15) is 23.3 Å². The van der Waals surface area contributed by atoms with Crippen molar-refractivity contribution in [3.8, 4) is 22.9 Å². The van der Waals surface area contributed by atoms with Crippen LogP contribution in [0.2, 0.25) is 0 Å². The second kappa shape index (κ2) is 9.02. The van der Waals surface area contributed by atoms with E-state index in [9.17, 15) is 21.6 Å². The molecule has 0 atom stereocenters. The van der Waals surface area contributed by atoms with Crippen molar-refractivity contribution < 1.29 is 26.3 Å². The summed E-state index contributed by atoms with van der Waals surface area (Å²) in [5.74, 6) is -1.28. The molecule has 0 fully saturated rings. The molecular weight excluding hydrogens is 483 g/mol. The standard InChI is InChI=1S/C23H20F3N5O3S/c1-14-8-4-6-10-17(14)20-19(23(24,25)26)21(34-18-11-7-5-9-15(18)2)29-22(28-20)30-35(32,33)16-12-27-31(3)13-16/h4-13H,1-3H3,(H,28,29,30). The highest BCUT2D eigenvalue weighted by molar-refractivity contribution is 7.92. The second-order valence-corrected chi connectivity index (χ2v) is 9.39. The summed E-state index contributed by atoms with van der Waals surface area (Å²) >= 11 is 0. The molecule has 0 unspecified atom stereocenters. The summed E-state index contributed by atoms with van der Waals surface area (Å²) in [7, 11) is -2.72. The van der Waals surface area contributed by atoms with E-state index in [0.717, 1.165) is 6.20 Å². The topological polar surface area (TPSA) is 99.0 Å². The van der Waals surface area contributed by atoms with E-state index >= 15 is 0 Å². The van der Waals surface area contributed by atoms with Gasteiger partial charge in [-0.1, -0.05) is 42.5 Å². The zero-order valence-electron chi connectivity index (χ0n) is 18.8. The van der Waals surface area contributed by atoms with Crippen molar-refractivity contribution in [2.75, 3.05) is 4.72 Å². The Kier molecular flexibility index (Phi) is 6.24. The van der Waals surface area contributed by atoms with E-state index in [1.807, 2.05) is 0 Å². The molecular formula is C23H20F3N5O3S. The molecule has 0 aliphatic rings. The molecule has 8 nitrogen and oxygen atoms in total. The molecule has 35 heavy (non-hydrogen) atoms. The van der Waals surface area contributed by atoms with Crippen LogP contribution in [-0.4, -0.2) is 28.2 Å². The van der Waals surface area contributed by atoms with Crippen LogP contribution in [0.4, 0.5) is 19.1 Å². The zero-order valence-corrected chi connectivity index (χ0v) is 19.6. The highest BCUT2D eigenvalue weighted by atomic mass is 32.2. The largest absolute Gasteiger partial charge is 0.438 e. The highest BCUT2D eigenvalue weighted by Gasteiger charge is 2.41. The van der Waals surface area contributed by atoms with Crippen LogP contribution >= 0.6 is 0 Å². The van der Waals surface area contributed by atoms with Crippen molar-refractivity contribution >= 4 is 16.0 Å². The molecule has 0 radical (unpaired) electrons. The number of sulfonamides is 1. The lowest BCUT2D eigenvalue weighted by Gasteiger charge is -2.19. The van der Waals surface area contributed by atoms with Crippen LogP contribution in [0.1, 0.15) is 16.7 Å². The van der Waals surface area contributed by atoms with Crippen molar-refractivity contribution in [3.05, 3.63) is 77.6 Å². The number of aryl methyl sites for hydroxylation is 3. The highest BCUT2D eigenvalue weighted by Crippen LogP contribution is 2.44. The van der Waals surface area contributed by atoms with Gasteiger partial charge in [-0.25, -0.2) is 18.1 Å². The fourth-order valence-electron chi connectivity index (χ4n) is 3.34. The Labute approximate surface area is 199 Å². The number of rotatable bonds is 6. The first-order valence-corrected chi connectivity index (χ1v) is 11.7. The summed E-state index contributed by atoms with van der Waals surface area (Å²) in [6, 6.07) is 12.8. The quantitative estimate of drug-likeness (QED) is 0.393. The molecule has 12 heteroatoms. The molecule has 0 bridgehead atoms. The van der Waals surface area contributed by atoms with Gasteiger partial charge in [0.2, 0.25) is 11.8 Å². The van der Waals surface area contributed by atoms with Crippen LogP contribution in [0.25, 0.3) is 11.3 Å². The minimum absolute atomic E-state index is 0.133. The normalized spacial score (nSPS) is 11.9. The Morgan fingerprint density at radius 3 is 2.23 bits per heavy atom. The van der Waals surface area contributed by atoms with Crippen LogP contribution in [0.3, 0.4) is 0 Å². The van der Waals surface area contributed by atoms with Crippen LogP contribution in [0.5, 0.6) is 11.6 Å². The predicted octanol–water partition coefficient (Wildman–Crippen LogP) is 5.11. The fraction of sp³-hybridized carbons (Fsp3) is 0.174. The SMILES string of the molecule is Cc1ccccc1Oc1nc(NS(=O)(=O)c2cnn(C)c2)nc(-c2ccccc2C)c1C(F)(F)F. The monoisotopic (exact) mass is 503 g/mol. The van der Waals surface area contributed by atoms with Gasteiger partial charge in [0.25, 0.3) is 10.0 Å². The number of aromatic nitrogens is 4. The summed E-state index contributed by atoms with van der Waals surface area (Å²) in [4.78, 5) is 7.62. The van der Waals surface area contributed by atoms with E-state index in [2.05, 4.69) is 19.8 Å². The van der Waals surface area contributed by atoms with Gasteiger partial charge >= 0.3 is 6.18 Å². The predicted molar refractivity (Wildman–Crippen MR) is 122 cm³/mol. The first-order chi connectivity index (χ1) is 16.5. The zero-order chi connectivity index (χ0) is 25.4. The van der Waals surface area contributed by atoms with E-state index in [4.69, 9.17) is 4.74 Å². The molecule has 4 aromatic rings. The summed E-state index contributed by atoms with van der Waals surface area (Å²) < 4.78 is 77.8. The first-order valence-electron chi connectivity index (χ1n) is 10.3. The van der Waals surface area contributed by atoms with E-state index < -0.39 is 39.3 Å². The van der Waals surface area contributed by atoms with Crippen LogP contribution < -0.4 is 9.46 Å². The lowest BCUT2D eigenvalue weighted by Crippen LogP contribution is -2.18. The maximum Gasteiger partial charge on any atom is 0.423 e. The minimum atomic E-state index is -4.91. The van der Waals surface area contributed by atoms with Crippen LogP contribution in [0.15, 0.2) is 65.8 Å². The molecule has 4 rings (SSSR count). The van der Waals surface area contributed by atoms with Crippen LogP contribution in [-0.2, 0) is 23.2 Å². The first kappa shape index (κ1) is 24.2. The number of hydrogen-bond acceptors (Lipinski definition) is 6. The summed E-state index contributed by atoms with van der Waals surface area (Å²) in [6.45, 7) is 3.29. The molecule has 0 aliphatic heterocycles. The number of anilines is 1. The number of nitrogens with zero attached hydrogens (tertiary/aromatic N) is 4. The number of halogens is 3. The Bertz CT molecular complexity index is 1500. The molecule has 2 aromatic carbocycles. The minimum Gasteiger partial charge on any atom is -0.438 e. The lowest BCUT2D eigenvalue weighted by molar-refractivity contribution is -0.138. The number of nitrogens with one attached hydrogen (secondary N) is 1. The van der Waals surface area contributed by atoms with Gasteiger partial charge < -0.3 is 4.74 Å². The maximum atomic E-state index is 14.4. The number of para-hydroxylation sites is 1. The Hall–Kier alpha value is -3.93. The molecule has 2 aromatic heterocycles. The maximum absolute atomic E-state index is 14.4.